The molecule has 2 heterocycles. The van der Waals surface area contributed by atoms with Crippen LogP contribution in [0.2, 0.25) is 0 Å². The van der Waals surface area contributed by atoms with E-state index in [4.69, 9.17) is 0 Å². The number of aromatic amines is 1. The molecule has 0 aliphatic heterocycles. The number of aromatic nitrogens is 3. The van der Waals surface area contributed by atoms with E-state index < -0.39 is 11.6 Å². The average molecular weight is 328 g/mol. The summed E-state index contributed by atoms with van der Waals surface area (Å²) in [7, 11) is 0. The number of amides is 1. The van der Waals surface area contributed by atoms with E-state index in [0.717, 1.165) is 6.20 Å². The van der Waals surface area contributed by atoms with Crippen molar-refractivity contribution in [2.75, 3.05) is 5.32 Å². The molecule has 2 N–H and O–H groups in total. The topological polar surface area (TPSA) is 101 Å². The molecule has 0 radical (unpaired) electrons. The lowest BCUT2D eigenvalue weighted by molar-refractivity contribution is -0.116. The van der Waals surface area contributed by atoms with Crippen molar-refractivity contribution in [2.24, 2.45) is 0 Å². The summed E-state index contributed by atoms with van der Waals surface area (Å²) >= 11 is 0. The van der Waals surface area contributed by atoms with Crippen LogP contribution in [0.5, 0.6) is 0 Å². The molecular formula is C16H13FN4O3. The lowest BCUT2D eigenvalue weighted by Crippen LogP contribution is -2.12. The van der Waals surface area contributed by atoms with Gasteiger partial charge < -0.3 is 5.32 Å². The Balaban J connectivity index is 1.57. The number of aryl methyl sites for hydroxylation is 1. The lowest BCUT2D eigenvalue weighted by atomic mass is 10.1. The molecule has 0 bridgehead atoms. The molecule has 0 fully saturated rings. The number of nitrogens with zero attached hydrogens (tertiary/aromatic N) is 2. The molecule has 1 amide bonds. The van der Waals surface area contributed by atoms with Gasteiger partial charge in [-0.15, -0.1) is 0 Å². The molecule has 8 heteroatoms. The quantitative estimate of drug-likeness (QED) is 0.747. The first-order valence-electron chi connectivity index (χ1n) is 7.16. The molecular weight excluding hydrogens is 315 g/mol. The highest BCUT2D eigenvalue weighted by Gasteiger charge is 2.07. The number of hydrogen-bond acceptors (Lipinski definition) is 5. The summed E-state index contributed by atoms with van der Waals surface area (Å²) in [4.78, 5) is 29.0. The van der Waals surface area contributed by atoms with E-state index in [9.17, 15) is 14.0 Å². The molecule has 7 nitrogen and oxygen atoms in total. The number of anilines is 1. The Kier molecular flexibility index (Phi) is 4.46. The SMILES string of the molecule is O=C(CCc1cncc(F)c1)Nc1ccc(-c2noc(=O)[nH]2)cc1. The van der Waals surface area contributed by atoms with Gasteiger partial charge in [0.25, 0.3) is 0 Å². The molecule has 24 heavy (non-hydrogen) atoms. The van der Waals surface area contributed by atoms with Crippen LogP contribution in [0.15, 0.2) is 52.0 Å². The molecule has 0 atom stereocenters. The van der Waals surface area contributed by atoms with E-state index in [2.05, 4.69) is 25.0 Å². The minimum Gasteiger partial charge on any atom is -0.326 e. The zero-order valence-corrected chi connectivity index (χ0v) is 12.5. The maximum Gasteiger partial charge on any atom is 0.439 e. The van der Waals surface area contributed by atoms with Crippen molar-refractivity contribution in [3.05, 3.63) is 64.7 Å². The predicted octanol–water partition coefficient (Wildman–Crippen LogP) is 2.14. The molecule has 0 saturated heterocycles. The summed E-state index contributed by atoms with van der Waals surface area (Å²) in [5.74, 6) is -0.929. The normalized spacial score (nSPS) is 10.5. The fourth-order valence-corrected chi connectivity index (χ4v) is 2.14. The smallest absolute Gasteiger partial charge is 0.326 e. The number of H-pyrrole nitrogens is 1. The van der Waals surface area contributed by atoms with E-state index in [0.29, 0.717) is 29.1 Å². The van der Waals surface area contributed by atoms with Crippen LogP contribution in [0.1, 0.15) is 12.0 Å². The van der Waals surface area contributed by atoms with Gasteiger partial charge in [0.1, 0.15) is 5.82 Å². The standard InChI is InChI=1S/C16H13FN4O3/c17-12-7-10(8-18-9-12)1-6-14(22)19-13-4-2-11(3-5-13)15-20-16(23)24-21-15/h2-5,7-9H,1,6H2,(H,19,22)(H,20,21,23). The first kappa shape index (κ1) is 15.6. The van der Waals surface area contributed by atoms with Gasteiger partial charge in [-0.05, 0) is 42.3 Å². The lowest BCUT2D eigenvalue weighted by Gasteiger charge is -2.06. The Hall–Kier alpha value is -3.29. The number of benzene rings is 1. The van der Waals surface area contributed by atoms with E-state index >= 15 is 0 Å². The fourth-order valence-electron chi connectivity index (χ4n) is 2.14. The third-order valence-corrected chi connectivity index (χ3v) is 3.28. The Morgan fingerprint density at radius 3 is 2.71 bits per heavy atom. The number of hydrogen-bond donors (Lipinski definition) is 2. The van der Waals surface area contributed by atoms with Crippen LogP contribution >= 0.6 is 0 Å². The van der Waals surface area contributed by atoms with Gasteiger partial charge in [-0.25, -0.2) is 9.18 Å². The number of halogens is 1. The third kappa shape index (κ3) is 3.92. The molecule has 3 aromatic rings. The van der Waals surface area contributed by atoms with Gasteiger partial charge in [-0.3, -0.25) is 19.3 Å². The van der Waals surface area contributed by atoms with Crippen LogP contribution in [0.4, 0.5) is 10.1 Å². The second-order valence-corrected chi connectivity index (χ2v) is 5.08. The minimum atomic E-state index is -0.630. The Morgan fingerprint density at radius 2 is 2.04 bits per heavy atom. The van der Waals surface area contributed by atoms with Crippen LogP contribution in [-0.4, -0.2) is 21.0 Å². The monoisotopic (exact) mass is 328 g/mol. The zero-order chi connectivity index (χ0) is 16.9. The highest BCUT2D eigenvalue weighted by atomic mass is 19.1. The number of carbonyl (C=O) groups is 1. The summed E-state index contributed by atoms with van der Waals surface area (Å²) in [6.07, 6.45) is 3.26. The molecule has 0 saturated carbocycles. The summed E-state index contributed by atoms with van der Waals surface area (Å²) in [5.41, 5.74) is 1.92. The second kappa shape index (κ2) is 6.86. The zero-order valence-electron chi connectivity index (χ0n) is 12.5. The van der Waals surface area contributed by atoms with Gasteiger partial charge in [-0.1, -0.05) is 5.16 Å². The molecule has 2 aromatic heterocycles. The fraction of sp³-hybridized carbons (Fsp3) is 0.125. The summed E-state index contributed by atoms with van der Waals surface area (Å²) in [6.45, 7) is 0. The van der Waals surface area contributed by atoms with Gasteiger partial charge in [0.15, 0.2) is 5.82 Å². The second-order valence-electron chi connectivity index (χ2n) is 5.08. The van der Waals surface area contributed by atoms with Crippen LogP contribution in [0, 0.1) is 5.82 Å². The molecule has 0 spiro atoms. The highest BCUT2D eigenvalue weighted by Crippen LogP contribution is 2.17. The van der Waals surface area contributed by atoms with Gasteiger partial charge >= 0.3 is 5.76 Å². The van der Waals surface area contributed by atoms with Gasteiger partial charge in [0.05, 0.1) is 6.20 Å². The minimum absolute atomic E-state index is 0.193. The van der Waals surface area contributed by atoms with Gasteiger partial charge in [-0.2, -0.15) is 0 Å². The van der Waals surface area contributed by atoms with Gasteiger partial charge in [0, 0.05) is 23.9 Å². The molecule has 0 aliphatic carbocycles. The largest absolute Gasteiger partial charge is 0.439 e. The molecule has 1 aromatic carbocycles. The molecule has 0 unspecified atom stereocenters. The van der Waals surface area contributed by atoms with Crippen molar-refractivity contribution in [2.45, 2.75) is 12.8 Å². The van der Waals surface area contributed by atoms with E-state index in [1.807, 2.05) is 0 Å². The van der Waals surface area contributed by atoms with Gasteiger partial charge in [0.2, 0.25) is 5.91 Å². The van der Waals surface area contributed by atoms with Crippen LogP contribution in [0.25, 0.3) is 11.4 Å². The molecule has 3 rings (SSSR count). The summed E-state index contributed by atoms with van der Waals surface area (Å²) < 4.78 is 17.5. The van der Waals surface area contributed by atoms with Crippen molar-refractivity contribution >= 4 is 11.6 Å². The van der Waals surface area contributed by atoms with Crippen molar-refractivity contribution in [1.82, 2.24) is 15.1 Å². The van der Waals surface area contributed by atoms with E-state index in [1.54, 1.807) is 24.3 Å². The Labute approximate surface area is 135 Å². The van der Waals surface area contributed by atoms with Crippen molar-refractivity contribution in [1.29, 1.82) is 0 Å². The Bertz CT molecular complexity index is 902. The van der Waals surface area contributed by atoms with E-state index in [-0.39, 0.29) is 12.3 Å². The number of nitrogens with one attached hydrogen (secondary N) is 2. The van der Waals surface area contributed by atoms with E-state index in [1.165, 1.54) is 12.3 Å². The maximum absolute atomic E-state index is 13.0. The first-order chi connectivity index (χ1) is 11.6. The maximum atomic E-state index is 13.0. The van der Waals surface area contributed by atoms with Crippen molar-refractivity contribution in [3.8, 4) is 11.4 Å². The first-order valence-corrected chi connectivity index (χ1v) is 7.16. The highest BCUT2D eigenvalue weighted by molar-refractivity contribution is 5.91. The summed E-state index contributed by atoms with van der Waals surface area (Å²) in [5, 5.41) is 6.32. The van der Waals surface area contributed by atoms with Crippen LogP contribution in [0.3, 0.4) is 0 Å². The molecule has 0 aliphatic rings. The van der Waals surface area contributed by atoms with Crippen LogP contribution < -0.4 is 11.1 Å². The number of pyridine rings is 1. The van der Waals surface area contributed by atoms with Crippen molar-refractivity contribution < 1.29 is 13.7 Å². The van der Waals surface area contributed by atoms with Crippen molar-refractivity contribution in [3.63, 3.8) is 0 Å². The third-order valence-electron chi connectivity index (χ3n) is 3.28. The number of rotatable bonds is 5. The predicted molar refractivity (Wildman–Crippen MR) is 83.7 cm³/mol. The summed E-state index contributed by atoms with van der Waals surface area (Å²) in [6, 6.07) is 8.11. The molecule has 122 valence electrons. The average Bonchev–Trinajstić information content (AvgIpc) is 3.00. The number of carbonyl (C=O) groups excluding carboxylic acids is 1. The van der Waals surface area contributed by atoms with Crippen LogP contribution in [-0.2, 0) is 11.2 Å². The Morgan fingerprint density at radius 1 is 1.25 bits per heavy atom.